The van der Waals surface area contributed by atoms with E-state index in [4.69, 9.17) is 11.6 Å². The van der Waals surface area contributed by atoms with Gasteiger partial charge in [-0.1, -0.05) is 30.9 Å². The van der Waals surface area contributed by atoms with Gasteiger partial charge in [-0.2, -0.15) is 13.2 Å². The zero-order chi connectivity index (χ0) is 22.1. The van der Waals surface area contributed by atoms with Gasteiger partial charge in [0.2, 0.25) is 20.9 Å². The predicted octanol–water partition coefficient (Wildman–Crippen LogP) is 3.13. The number of nitrogens with zero attached hydrogens (tertiary/aromatic N) is 3. The molecule has 12 heteroatoms. The minimum absolute atomic E-state index is 0.0466. The molecule has 0 aromatic carbocycles. The Morgan fingerprint density at radius 2 is 1.83 bits per heavy atom. The second-order valence-corrected chi connectivity index (χ2v) is 10.2. The number of carbonyl (C=O) groups excluding carboxylic acids is 1. The average molecular weight is 469 g/mol. The molecule has 0 radical (unpaired) electrons. The monoisotopic (exact) mass is 468 g/mol. The van der Waals surface area contributed by atoms with Crippen LogP contribution in [0.25, 0.3) is 0 Å². The maximum atomic E-state index is 13.7. The fourth-order valence-electron chi connectivity index (χ4n) is 4.04. The smallest absolute Gasteiger partial charge is 0.353 e. The molecule has 3 rings (SSSR count). The maximum Gasteiger partial charge on any atom is 0.408 e. The Balaban J connectivity index is 1.86. The van der Waals surface area contributed by atoms with Gasteiger partial charge in [0.05, 0.1) is 5.92 Å². The highest BCUT2D eigenvalue weighted by atomic mass is 35.5. The minimum Gasteiger partial charge on any atom is -0.353 e. The van der Waals surface area contributed by atoms with E-state index >= 15 is 0 Å². The van der Waals surface area contributed by atoms with Crippen molar-refractivity contribution in [1.29, 1.82) is 0 Å². The zero-order valence-electron chi connectivity index (χ0n) is 16.5. The summed E-state index contributed by atoms with van der Waals surface area (Å²) in [4.78, 5) is 21.1. The Kier molecular flexibility index (Phi) is 6.81. The van der Waals surface area contributed by atoms with Gasteiger partial charge in [-0.15, -0.1) is 0 Å². The Morgan fingerprint density at radius 3 is 2.43 bits per heavy atom. The fraction of sp³-hybridized carbons (Fsp3) is 0.722. The van der Waals surface area contributed by atoms with Crippen LogP contribution in [0.15, 0.2) is 11.2 Å². The molecular weight excluding hydrogens is 445 g/mol. The van der Waals surface area contributed by atoms with Crippen LogP contribution in [0.5, 0.6) is 0 Å². The Labute approximate surface area is 178 Å². The predicted molar refractivity (Wildman–Crippen MR) is 105 cm³/mol. The summed E-state index contributed by atoms with van der Waals surface area (Å²) in [6.07, 6.45) is 0.942. The van der Waals surface area contributed by atoms with Gasteiger partial charge in [0.25, 0.3) is 0 Å². The Morgan fingerprint density at radius 1 is 1.17 bits per heavy atom. The van der Waals surface area contributed by atoms with Crippen molar-refractivity contribution >= 4 is 33.2 Å². The van der Waals surface area contributed by atoms with Crippen molar-refractivity contribution in [2.45, 2.75) is 68.4 Å². The third-order valence-electron chi connectivity index (χ3n) is 5.57. The quantitative estimate of drug-likeness (QED) is 0.539. The highest BCUT2D eigenvalue weighted by Gasteiger charge is 2.48. The minimum atomic E-state index is -4.58. The summed E-state index contributed by atoms with van der Waals surface area (Å²) in [5.41, 5.74) is 0. The van der Waals surface area contributed by atoms with E-state index in [1.54, 1.807) is 0 Å². The summed E-state index contributed by atoms with van der Waals surface area (Å²) < 4.78 is 64.6. The molecular formula is C18H24ClF3N4O3S. The number of hydrogen-bond acceptors (Lipinski definition) is 6. The second kappa shape index (κ2) is 8.86. The largest absolute Gasteiger partial charge is 0.408 e. The summed E-state index contributed by atoms with van der Waals surface area (Å²) in [5.74, 6) is -1.20. The number of nitrogens with one attached hydrogen (secondary N) is 1. The molecule has 1 aliphatic heterocycles. The van der Waals surface area contributed by atoms with Gasteiger partial charge in [0, 0.05) is 24.9 Å². The molecule has 2 atom stereocenters. The highest BCUT2D eigenvalue weighted by Crippen LogP contribution is 2.37. The van der Waals surface area contributed by atoms with Gasteiger partial charge in [0.1, 0.15) is 17.0 Å². The maximum absolute atomic E-state index is 13.7. The normalized spacial score (nSPS) is 24.0. The third-order valence-corrected chi connectivity index (χ3v) is 6.61. The zero-order valence-corrected chi connectivity index (χ0v) is 18.0. The topological polar surface area (TPSA) is 92.3 Å². The number of rotatable bonds is 4. The molecule has 1 saturated carbocycles. The summed E-state index contributed by atoms with van der Waals surface area (Å²) in [6.45, 7) is -0.237. The highest BCUT2D eigenvalue weighted by molar-refractivity contribution is 7.90. The molecule has 2 fully saturated rings. The van der Waals surface area contributed by atoms with Crippen LogP contribution in [0.2, 0.25) is 5.15 Å². The van der Waals surface area contributed by atoms with Crippen LogP contribution in [0.1, 0.15) is 44.9 Å². The molecule has 2 aliphatic rings. The van der Waals surface area contributed by atoms with Crippen molar-refractivity contribution in [2.24, 2.45) is 5.92 Å². The summed E-state index contributed by atoms with van der Waals surface area (Å²) in [6, 6.07) is -0.754. The van der Waals surface area contributed by atoms with Gasteiger partial charge in [-0.25, -0.2) is 18.4 Å². The first kappa shape index (κ1) is 23.1. The van der Waals surface area contributed by atoms with Crippen LogP contribution in [0, 0.1) is 5.92 Å². The van der Waals surface area contributed by atoms with E-state index in [0.717, 1.165) is 49.3 Å². The second-order valence-electron chi connectivity index (χ2n) is 7.93. The molecule has 0 spiro atoms. The molecule has 1 saturated heterocycles. The van der Waals surface area contributed by atoms with Crippen molar-refractivity contribution < 1.29 is 26.4 Å². The first-order valence-electron chi connectivity index (χ1n) is 9.83. The summed E-state index contributed by atoms with van der Waals surface area (Å²) in [7, 11) is -3.88. The van der Waals surface area contributed by atoms with Gasteiger partial charge in [0.15, 0.2) is 0 Å². The molecule has 0 bridgehead atoms. The lowest BCUT2D eigenvalue weighted by Gasteiger charge is -2.41. The molecule has 1 aliphatic carbocycles. The molecule has 1 aromatic heterocycles. The van der Waals surface area contributed by atoms with Gasteiger partial charge < -0.3 is 10.2 Å². The van der Waals surface area contributed by atoms with E-state index in [1.165, 1.54) is 0 Å². The molecule has 1 amide bonds. The number of piperidine rings is 1. The van der Waals surface area contributed by atoms with Crippen LogP contribution >= 0.6 is 11.6 Å². The molecule has 2 heterocycles. The van der Waals surface area contributed by atoms with Crippen molar-refractivity contribution in [3.8, 4) is 0 Å². The number of amides is 1. The van der Waals surface area contributed by atoms with Gasteiger partial charge in [-0.3, -0.25) is 4.79 Å². The lowest BCUT2D eigenvalue weighted by atomic mass is 9.90. The van der Waals surface area contributed by atoms with E-state index in [2.05, 4.69) is 15.3 Å². The van der Waals surface area contributed by atoms with Crippen molar-refractivity contribution in [1.82, 2.24) is 15.3 Å². The number of aromatic nitrogens is 2. The number of anilines is 1. The van der Waals surface area contributed by atoms with Crippen LogP contribution in [0.4, 0.5) is 19.0 Å². The number of sulfone groups is 1. The van der Waals surface area contributed by atoms with E-state index in [9.17, 15) is 26.4 Å². The van der Waals surface area contributed by atoms with E-state index in [1.807, 2.05) is 0 Å². The third kappa shape index (κ3) is 5.54. The molecule has 7 nitrogen and oxygen atoms in total. The van der Waals surface area contributed by atoms with Gasteiger partial charge >= 0.3 is 6.18 Å². The van der Waals surface area contributed by atoms with Crippen LogP contribution in [0.3, 0.4) is 0 Å². The Hall–Kier alpha value is -1.62. The number of hydrogen-bond donors (Lipinski definition) is 1. The fourth-order valence-corrected chi connectivity index (χ4v) is 4.79. The Bertz CT molecular complexity index is 891. The van der Waals surface area contributed by atoms with Crippen molar-refractivity contribution in [3.05, 3.63) is 11.2 Å². The molecule has 1 aromatic rings. The molecule has 0 unspecified atom stereocenters. The molecule has 1 N–H and O–H groups in total. The first-order valence-corrected chi connectivity index (χ1v) is 12.1. The number of halogens is 4. The van der Waals surface area contributed by atoms with Crippen molar-refractivity contribution in [3.63, 3.8) is 0 Å². The van der Waals surface area contributed by atoms with Crippen LogP contribution in [-0.2, 0) is 14.6 Å². The summed E-state index contributed by atoms with van der Waals surface area (Å²) >= 11 is 5.86. The number of carbonyl (C=O) groups is 1. The van der Waals surface area contributed by atoms with Crippen LogP contribution in [-0.4, -0.2) is 55.4 Å². The SMILES string of the molecule is CS(=O)(=O)c1nc(Cl)cc(N2C[C@H](C(=O)NC3CCCCC3)CC[C@@H]2C(F)(F)F)n1. The first-order chi connectivity index (χ1) is 13.9. The van der Waals surface area contributed by atoms with Crippen LogP contribution < -0.4 is 10.2 Å². The lowest BCUT2D eigenvalue weighted by molar-refractivity contribution is -0.156. The van der Waals surface area contributed by atoms with E-state index in [0.29, 0.717) is 0 Å². The summed E-state index contributed by atoms with van der Waals surface area (Å²) in [5, 5.41) is 2.02. The van der Waals surface area contributed by atoms with E-state index in [-0.39, 0.29) is 42.3 Å². The number of alkyl halides is 3. The average Bonchev–Trinajstić information content (AvgIpc) is 2.66. The van der Waals surface area contributed by atoms with E-state index < -0.39 is 33.1 Å². The lowest BCUT2D eigenvalue weighted by Crippen LogP contribution is -2.55. The molecule has 30 heavy (non-hydrogen) atoms. The molecule has 168 valence electrons. The van der Waals surface area contributed by atoms with Gasteiger partial charge in [-0.05, 0) is 25.7 Å². The standard InChI is InChI=1S/C18H24ClF3N4O3S/c1-30(28,29)17-24-14(19)9-15(25-17)26-10-11(7-8-13(26)18(20,21)22)16(27)23-12-5-3-2-4-6-12/h9,11-13H,2-8,10H2,1H3,(H,23,27)/t11-,13-/m1/s1. The van der Waals surface area contributed by atoms with Crippen molar-refractivity contribution in [2.75, 3.05) is 17.7 Å².